The van der Waals surface area contributed by atoms with E-state index in [1.807, 2.05) is 13.8 Å². The van der Waals surface area contributed by atoms with Crippen molar-refractivity contribution in [3.63, 3.8) is 0 Å². The first-order valence-corrected chi connectivity index (χ1v) is 6.78. The van der Waals surface area contributed by atoms with Crippen molar-refractivity contribution < 1.29 is 4.79 Å². The van der Waals surface area contributed by atoms with Gasteiger partial charge in [-0.25, -0.2) is 0 Å². The van der Waals surface area contributed by atoms with Crippen LogP contribution >= 0.6 is 15.9 Å². The molecule has 0 aromatic carbocycles. The summed E-state index contributed by atoms with van der Waals surface area (Å²) < 4.78 is 0. The highest BCUT2D eigenvalue weighted by atomic mass is 79.9. The summed E-state index contributed by atoms with van der Waals surface area (Å²) in [5, 5.41) is 2.95. The Balaban J connectivity index is 3.47. The number of hydrogen-bond acceptors (Lipinski definition) is 1. The van der Waals surface area contributed by atoms with Crippen LogP contribution in [-0.2, 0) is 4.79 Å². The van der Waals surface area contributed by atoms with Crippen molar-refractivity contribution in [3.05, 3.63) is 0 Å². The molecule has 1 amide bonds. The summed E-state index contributed by atoms with van der Waals surface area (Å²) in [7, 11) is 0. The van der Waals surface area contributed by atoms with Gasteiger partial charge in [-0.05, 0) is 18.3 Å². The van der Waals surface area contributed by atoms with Gasteiger partial charge in [-0.2, -0.15) is 0 Å². The average molecular weight is 278 g/mol. The molecule has 0 aromatic rings. The van der Waals surface area contributed by atoms with Crippen LogP contribution in [0.4, 0.5) is 0 Å². The third kappa shape index (κ3) is 7.83. The van der Waals surface area contributed by atoms with Crippen LogP contribution in [0.15, 0.2) is 0 Å². The molecule has 0 saturated carbocycles. The van der Waals surface area contributed by atoms with Gasteiger partial charge in [0, 0.05) is 6.54 Å². The largest absolute Gasteiger partial charge is 0.355 e. The zero-order valence-electron chi connectivity index (χ0n) is 10.3. The first-order chi connectivity index (χ1) is 6.95. The molecule has 15 heavy (non-hydrogen) atoms. The first-order valence-electron chi connectivity index (χ1n) is 5.87. The maximum atomic E-state index is 11.5. The van der Waals surface area contributed by atoms with E-state index in [0.717, 1.165) is 18.9 Å². The zero-order chi connectivity index (χ0) is 11.8. The number of halogens is 1. The van der Waals surface area contributed by atoms with Gasteiger partial charge >= 0.3 is 0 Å². The van der Waals surface area contributed by atoms with E-state index in [1.54, 1.807) is 0 Å². The Kier molecular flexibility index (Phi) is 8.12. The molecule has 0 bridgehead atoms. The lowest BCUT2D eigenvalue weighted by molar-refractivity contribution is -0.121. The normalized spacial score (nSPS) is 13.3. The molecule has 0 aliphatic carbocycles. The van der Waals surface area contributed by atoms with Gasteiger partial charge < -0.3 is 5.32 Å². The van der Waals surface area contributed by atoms with E-state index in [0.29, 0.717) is 5.92 Å². The summed E-state index contributed by atoms with van der Waals surface area (Å²) in [4.78, 5) is 11.5. The van der Waals surface area contributed by atoms with Gasteiger partial charge in [-0.1, -0.05) is 56.5 Å². The van der Waals surface area contributed by atoms with Crippen LogP contribution < -0.4 is 5.32 Å². The number of amides is 1. The average Bonchev–Trinajstić information content (AvgIpc) is 2.15. The van der Waals surface area contributed by atoms with Gasteiger partial charge in [0.05, 0.1) is 4.83 Å². The quantitative estimate of drug-likeness (QED) is 0.561. The number of rotatable bonds is 7. The summed E-state index contributed by atoms with van der Waals surface area (Å²) in [6, 6.07) is 0. The van der Waals surface area contributed by atoms with Gasteiger partial charge in [0.1, 0.15) is 0 Å². The second-order valence-corrected chi connectivity index (χ2v) is 5.81. The number of carbonyl (C=O) groups excluding carboxylic acids is 1. The van der Waals surface area contributed by atoms with Gasteiger partial charge in [0.15, 0.2) is 0 Å². The maximum absolute atomic E-state index is 11.5. The Labute approximate surface area is 102 Å². The summed E-state index contributed by atoms with van der Waals surface area (Å²) in [5.41, 5.74) is 0. The lowest BCUT2D eigenvalue weighted by Crippen LogP contribution is -2.34. The maximum Gasteiger partial charge on any atom is 0.234 e. The molecule has 90 valence electrons. The Morgan fingerprint density at radius 3 is 2.27 bits per heavy atom. The predicted molar refractivity (Wildman–Crippen MR) is 69.3 cm³/mol. The molecule has 2 nitrogen and oxygen atoms in total. The molecule has 3 heteroatoms. The van der Waals surface area contributed by atoms with Gasteiger partial charge in [0.25, 0.3) is 0 Å². The molecule has 0 aliphatic rings. The third-order valence-electron chi connectivity index (χ3n) is 2.34. The number of alkyl halides is 1. The molecule has 0 aliphatic heterocycles. The van der Waals surface area contributed by atoms with Crippen LogP contribution in [0.25, 0.3) is 0 Å². The van der Waals surface area contributed by atoms with Crippen LogP contribution in [0.1, 0.15) is 47.0 Å². The van der Waals surface area contributed by atoms with Crippen molar-refractivity contribution in [3.8, 4) is 0 Å². The molecule has 0 rings (SSSR count). The summed E-state index contributed by atoms with van der Waals surface area (Å²) in [5.74, 6) is 1.23. The van der Waals surface area contributed by atoms with Crippen LogP contribution in [0.5, 0.6) is 0 Å². The van der Waals surface area contributed by atoms with E-state index >= 15 is 0 Å². The number of nitrogens with one attached hydrogen (secondary N) is 1. The molecule has 1 atom stereocenters. The van der Waals surface area contributed by atoms with Crippen molar-refractivity contribution in [2.24, 2.45) is 11.8 Å². The van der Waals surface area contributed by atoms with Crippen LogP contribution in [0.2, 0.25) is 0 Å². The minimum absolute atomic E-state index is 0.0531. The lowest BCUT2D eigenvalue weighted by Gasteiger charge is -2.13. The monoisotopic (exact) mass is 277 g/mol. The van der Waals surface area contributed by atoms with E-state index in [9.17, 15) is 4.79 Å². The minimum Gasteiger partial charge on any atom is -0.355 e. The Bertz CT molecular complexity index is 180. The zero-order valence-corrected chi connectivity index (χ0v) is 11.9. The molecule has 0 radical (unpaired) electrons. The Hall–Kier alpha value is -0.0500. The van der Waals surface area contributed by atoms with Crippen molar-refractivity contribution in [1.82, 2.24) is 5.32 Å². The predicted octanol–water partition coefficient (Wildman–Crippen LogP) is 3.35. The van der Waals surface area contributed by atoms with Crippen LogP contribution in [0.3, 0.4) is 0 Å². The van der Waals surface area contributed by atoms with Crippen LogP contribution in [-0.4, -0.2) is 17.3 Å². The molecule has 0 unspecified atom stereocenters. The highest BCUT2D eigenvalue weighted by molar-refractivity contribution is 9.10. The topological polar surface area (TPSA) is 29.1 Å². The summed E-state index contributed by atoms with van der Waals surface area (Å²) in [6.07, 6.45) is 3.53. The third-order valence-corrected chi connectivity index (χ3v) is 3.82. The molecule has 0 heterocycles. The summed E-state index contributed by atoms with van der Waals surface area (Å²) in [6.45, 7) is 9.34. The second-order valence-electron chi connectivity index (χ2n) is 4.83. The minimum atomic E-state index is -0.0531. The van der Waals surface area contributed by atoms with Crippen molar-refractivity contribution in [2.75, 3.05) is 6.54 Å². The second kappa shape index (κ2) is 8.14. The Morgan fingerprint density at radius 1 is 1.20 bits per heavy atom. The van der Waals surface area contributed by atoms with Crippen LogP contribution in [0, 0.1) is 11.8 Å². The number of carbonyl (C=O) groups is 1. The SMILES string of the molecule is CC(C)CCCCNC(=O)[C@@H](Br)C(C)C. The van der Waals surface area contributed by atoms with E-state index in [2.05, 4.69) is 35.1 Å². The molecule has 1 N–H and O–H groups in total. The van der Waals surface area contributed by atoms with E-state index in [4.69, 9.17) is 0 Å². The Morgan fingerprint density at radius 2 is 1.80 bits per heavy atom. The fraction of sp³-hybridized carbons (Fsp3) is 0.917. The first kappa shape index (κ1) is 14.9. The van der Waals surface area contributed by atoms with E-state index in [-0.39, 0.29) is 10.7 Å². The highest BCUT2D eigenvalue weighted by Crippen LogP contribution is 2.11. The van der Waals surface area contributed by atoms with Crippen molar-refractivity contribution >= 4 is 21.8 Å². The molecular formula is C12H24BrNO. The molecule has 0 spiro atoms. The smallest absolute Gasteiger partial charge is 0.234 e. The molecule has 0 aromatic heterocycles. The van der Waals surface area contributed by atoms with Gasteiger partial charge in [-0.15, -0.1) is 0 Å². The molecular weight excluding hydrogens is 254 g/mol. The lowest BCUT2D eigenvalue weighted by atomic mass is 10.1. The van der Waals surface area contributed by atoms with Crippen molar-refractivity contribution in [2.45, 2.75) is 51.8 Å². The summed E-state index contributed by atoms with van der Waals surface area (Å²) >= 11 is 3.39. The highest BCUT2D eigenvalue weighted by Gasteiger charge is 2.17. The number of hydrogen-bond donors (Lipinski definition) is 1. The van der Waals surface area contributed by atoms with Crippen molar-refractivity contribution in [1.29, 1.82) is 0 Å². The van der Waals surface area contributed by atoms with Gasteiger partial charge in [0.2, 0.25) is 5.91 Å². The fourth-order valence-corrected chi connectivity index (χ4v) is 1.45. The van der Waals surface area contributed by atoms with Gasteiger partial charge in [-0.3, -0.25) is 4.79 Å². The fourth-order valence-electron chi connectivity index (χ4n) is 1.29. The van der Waals surface area contributed by atoms with E-state index < -0.39 is 0 Å². The van der Waals surface area contributed by atoms with E-state index in [1.165, 1.54) is 12.8 Å². The number of unbranched alkanes of at least 4 members (excludes halogenated alkanes) is 1. The standard InChI is InChI=1S/C12H24BrNO/c1-9(2)7-5-6-8-14-12(15)11(13)10(3)4/h9-11H,5-8H2,1-4H3,(H,14,15)/t11-/m0/s1. The molecule has 0 fully saturated rings. The molecule has 0 saturated heterocycles.